The lowest BCUT2D eigenvalue weighted by Crippen LogP contribution is -2.53. The van der Waals surface area contributed by atoms with Gasteiger partial charge in [-0.1, -0.05) is 6.58 Å². The predicted octanol–water partition coefficient (Wildman–Crippen LogP) is 1.41. The van der Waals surface area contributed by atoms with Crippen molar-refractivity contribution in [2.24, 2.45) is 5.92 Å². The van der Waals surface area contributed by atoms with Crippen LogP contribution in [0.3, 0.4) is 0 Å². The molecular formula is C22H29N3O5. The molecule has 2 saturated heterocycles. The molecule has 3 amide bonds. The molecule has 1 aromatic rings. The molecule has 0 aliphatic carbocycles. The number of nitrogens with zero attached hydrogens (tertiary/aromatic N) is 3. The Bertz CT molecular complexity index is 809. The molecule has 0 spiro atoms. The molecule has 162 valence electrons. The SMILES string of the molecule is C=CC(=O)N1CCC(C(=O)N2CCN(C(=O)c3ccc(OC)cc3OC)CC2)CC1. The summed E-state index contributed by atoms with van der Waals surface area (Å²) < 4.78 is 10.5. The van der Waals surface area contributed by atoms with Crippen LogP contribution in [-0.2, 0) is 9.59 Å². The summed E-state index contributed by atoms with van der Waals surface area (Å²) in [5, 5.41) is 0. The quantitative estimate of drug-likeness (QED) is 0.680. The first-order valence-corrected chi connectivity index (χ1v) is 10.2. The first-order valence-electron chi connectivity index (χ1n) is 10.2. The van der Waals surface area contributed by atoms with Crippen molar-refractivity contribution in [3.63, 3.8) is 0 Å². The number of amides is 3. The fourth-order valence-electron chi connectivity index (χ4n) is 4.01. The van der Waals surface area contributed by atoms with Crippen LogP contribution < -0.4 is 9.47 Å². The fourth-order valence-corrected chi connectivity index (χ4v) is 4.01. The van der Waals surface area contributed by atoms with Gasteiger partial charge in [-0.05, 0) is 31.1 Å². The maximum absolute atomic E-state index is 12.9. The van der Waals surface area contributed by atoms with Crippen LogP contribution in [0.1, 0.15) is 23.2 Å². The third-order valence-corrected chi connectivity index (χ3v) is 5.85. The van der Waals surface area contributed by atoms with Gasteiger partial charge in [0.2, 0.25) is 11.8 Å². The van der Waals surface area contributed by atoms with E-state index in [4.69, 9.17) is 9.47 Å². The molecule has 8 heteroatoms. The number of carbonyl (C=O) groups excluding carboxylic acids is 3. The van der Waals surface area contributed by atoms with Gasteiger partial charge in [0.1, 0.15) is 11.5 Å². The average molecular weight is 415 g/mol. The monoisotopic (exact) mass is 415 g/mol. The second-order valence-electron chi connectivity index (χ2n) is 7.49. The average Bonchev–Trinajstić information content (AvgIpc) is 2.82. The molecule has 0 unspecified atom stereocenters. The van der Waals surface area contributed by atoms with Gasteiger partial charge in [0.05, 0.1) is 19.8 Å². The summed E-state index contributed by atoms with van der Waals surface area (Å²) >= 11 is 0. The zero-order valence-electron chi connectivity index (χ0n) is 17.6. The van der Waals surface area contributed by atoms with Crippen molar-refractivity contribution in [1.82, 2.24) is 14.7 Å². The molecule has 0 N–H and O–H groups in total. The predicted molar refractivity (Wildman–Crippen MR) is 112 cm³/mol. The highest BCUT2D eigenvalue weighted by atomic mass is 16.5. The van der Waals surface area contributed by atoms with E-state index in [1.54, 1.807) is 35.1 Å². The number of piperidine rings is 1. The third-order valence-electron chi connectivity index (χ3n) is 5.85. The van der Waals surface area contributed by atoms with Gasteiger partial charge in [0.15, 0.2) is 0 Å². The maximum Gasteiger partial charge on any atom is 0.257 e. The molecule has 2 heterocycles. The number of hydrogen-bond acceptors (Lipinski definition) is 5. The molecule has 2 aliphatic heterocycles. The number of carbonyl (C=O) groups is 3. The molecule has 30 heavy (non-hydrogen) atoms. The van der Waals surface area contributed by atoms with Gasteiger partial charge in [-0.25, -0.2) is 0 Å². The van der Waals surface area contributed by atoms with Crippen LogP contribution in [0.5, 0.6) is 11.5 Å². The van der Waals surface area contributed by atoms with Crippen LogP contribution in [0.15, 0.2) is 30.9 Å². The number of piperazine rings is 1. The summed E-state index contributed by atoms with van der Waals surface area (Å²) in [6.07, 6.45) is 2.65. The van der Waals surface area contributed by atoms with E-state index in [1.807, 2.05) is 4.90 Å². The van der Waals surface area contributed by atoms with Gasteiger partial charge in [0, 0.05) is 51.3 Å². The van der Waals surface area contributed by atoms with Gasteiger partial charge in [-0.2, -0.15) is 0 Å². The lowest BCUT2D eigenvalue weighted by atomic mass is 9.95. The maximum atomic E-state index is 12.9. The number of hydrogen-bond donors (Lipinski definition) is 0. The Balaban J connectivity index is 1.55. The molecule has 2 fully saturated rings. The van der Waals surface area contributed by atoms with E-state index in [1.165, 1.54) is 13.2 Å². The van der Waals surface area contributed by atoms with Crippen LogP contribution >= 0.6 is 0 Å². The van der Waals surface area contributed by atoms with E-state index in [2.05, 4.69) is 6.58 Å². The first-order chi connectivity index (χ1) is 14.5. The molecule has 8 nitrogen and oxygen atoms in total. The Labute approximate surface area is 177 Å². The Kier molecular flexibility index (Phi) is 6.97. The largest absolute Gasteiger partial charge is 0.497 e. The zero-order valence-corrected chi connectivity index (χ0v) is 17.6. The van der Waals surface area contributed by atoms with Gasteiger partial charge in [-0.3, -0.25) is 14.4 Å². The van der Waals surface area contributed by atoms with Crippen LogP contribution in [-0.4, -0.2) is 85.9 Å². The molecule has 0 aromatic heterocycles. The van der Waals surface area contributed by atoms with Crippen LogP contribution in [0, 0.1) is 5.92 Å². The van der Waals surface area contributed by atoms with E-state index >= 15 is 0 Å². The first kappa shape index (κ1) is 21.7. The Morgan fingerprint density at radius 3 is 2.13 bits per heavy atom. The lowest BCUT2D eigenvalue weighted by molar-refractivity contribution is -0.140. The van der Waals surface area contributed by atoms with Gasteiger partial charge < -0.3 is 24.2 Å². The van der Waals surface area contributed by atoms with Gasteiger partial charge in [-0.15, -0.1) is 0 Å². The number of methoxy groups -OCH3 is 2. The summed E-state index contributed by atoms with van der Waals surface area (Å²) in [5.41, 5.74) is 0.484. The number of benzene rings is 1. The Morgan fingerprint density at radius 1 is 0.933 bits per heavy atom. The van der Waals surface area contributed by atoms with Crippen LogP contribution in [0.2, 0.25) is 0 Å². The van der Waals surface area contributed by atoms with Gasteiger partial charge >= 0.3 is 0 Å². The van der Waals surface area contributed by atoms with Crippen molar-refractivity contribution in [3.8, 4) is 11.5 Å². The lowest BCUT2D eigenvalue weighted by Gasteiger charge is -2.38. The second kappa shape index (κ2) is 9.65. The molecule has 3 rings (SSSR count). The highest BCUT2D eigenvalue weighted by Crippen LogP contribution is 2.26. The van der Waals surface area contributed by atoms with Crippen molar-refractivity contribution in [2.75, 3.05) is 53.5 Å². The zero-order chi connectivity index (χ0) is 21.7. The standard InChI is InChI=1S/C22H29N3O5/c1-4-20(26)23-9-7-16(8-10-23)21(27)24-11-13-25(14-12-24)22(28)18-6-5-17(29-2)15-19(18)30-3/h4-6,15-16H,1,7-14H2,2-3H3. The minimum absolute atomic E-state index is 0.0669. The Morgan fingerprint density at radius 2 is 1.57 bits per heavy atom. The van der Waals surface area contributed by atoms with Crippen LogP contribution in [0.4, 0.5) is 0 Å². The molecule has 0 atom stereocenters. The highest BCUT2D eigenvalue weighted by molar-refractivity contribution is 5.97. The van der Waals surface area contributed by atoms with E-state index < -0.39 is 0 Å². The highest BCUT2D eigenvalue weighted by Gasteiger charge is 2.32. The smallest absolute Gasteiger partial charge is 0.257 e. The molecule has 0 radical (unpaired) electrons. The van der Waals surface area contributed by atoms with Crippen molar-refractivity contribution in [2.45, 2.75) is 12.8 Å². The van der Waals surface area contributed by atoms with E-state index in [-0.39, 0.29) is 23.6 Å². The van der Waals surface area contributed by atoms with E-state index in [0.717, 1.165) is 0 Å². The molecule has 1 aromatic carbocycles. The normalized spacial score (nSPS) is 17.5. The van der Waals surface area contributed by atoms with E-state index in [9.17, 15) is 14.4 Å². The molecule has 2 aliphatic rings. The topological polar surface area (TPSA) is 79.4 Å². The Hall–Kier alpha value is -3.03. The number of likely N-dealkylation sites (tertiary alicyclic amines) is 1. The third kappa shape index (κ3) is 4.58. The summed E-state index contributed by atoms with van der Waals surface area (Å²) in [6.45, 7) is 6.65. The van der Waals surface area contributed by atoms with Crippen molar-refractivity contribution in [3.05, 3.63) is 36.4 Å². The van der Waals surface area contributed by atoms with Crippen molar-refractivity contribution in [1.29, 1.82) is 0 Å². The van der Waals surface area contributed by atoms with E-state index in [0.29, 0.717) is 69.2 Å². The van der Waals surface area contributed by atoms with Gasteiger partial charge in [0.25, 0.3) is 5.91 Å². The molecule has 0 bridgehead atoms. The number of rotatable bonds is 5. The molecule has 0 saturated carbocycles. The van der Waals surface area contributed by atoms with Crippen molar-refractivity contribution >= 4 is 17.7 Å². The summed E-state index contributed by atoms with van der Waals surface area (Å²) in [6, 6.07) is 5.13. The van der Waals surface area contributed by atoms with Crippen molar-refractivity contribution < 1.29 is 23.9 Å². The summed E-state index contributed by atoms with van der Waals surface area (Å²) in [7, 11) is 3.09. The minimum atomic E-state index is -0.113. The minimum Gasteiger partial charge on any atom is -0.497 e. The molecular weight excluding hydrogens is 386 g/mol. The summed E-state index contributed by atoms with van der Waals surface area (Å²) in [4.78, 5) is 42.8. The summed E-state index contributed by atoms with van der Waals surface area (Å²) in [5.74, 6) is 0.954. The van der Waals surface area contributed by atoms with Crippen LogP contribution in [0.25, 0.3) is 0 Å². The number of ether oxygens (including phenoxy) is 2. The second-order valence-corrected chi connectivity index (χ2v) is 7.49. The fraction of sp³-hybridized carbons (Fsp3) is 0.500.